The number of hydrogen-bond acceptors (Lipinski definition) is 6. The molecule has 192 valence electrons. The second-order valence-corrected chi connectivity index (χ2v) is 9.84. The van der Waals surface area contributed by atoms with Gasteiger partial charge in [-0.2, -0.15) is 0 Å². The number of likely N-dealkylation sites (tertiary alicyclic amines) is 1. The molecule has 10 heteroatoms. The molecule has 0 saturated carbocycles. The number of carboxylic acid groups (broad SMARTS) is 1. The molecule has 0 aliphatic carbocycles. The van der Waals surface area contributed by atoms with Crippen LogP contribution in [0.3, 0.4) is 0 Å². The summed E-state index contributed by atoms with van der Waals surface area (Å²) < 4.78 is 14.2. The summed E-state index contributed by atoms with van der Waals surface area (Å²) in [5.41, 5.74) is 2.58. The fourth-order valence-corrected chi connectivity index (χ4v) is 4.92. The SMILES string of the molecule is Cn1c(CN2CCC(Oc3cccnc3COc3ccc(Cl)cc3Cl)CC2)nc2ccc(C(=O)O)cc21. The van der Waals surface area contributed by atoms with Crippen LogP contribution in [0.2, 0.25) is 10.0 Å². The molecule has 0 unspecified atom stereocenters. The molecule has 0 spiro atoms. The van der Waals surface area contributed by atoms with E-state index in [1.54, 1.807) is 42.6 Å². The Balaban J connectivity index is 1.18. The van der Waals surface area contributed by atoms with Gasteiger partial charge in [0.2, 0.25) is 0 Å². The normalized spacial score (nSPS) is 14.7. The number of nitrogens with zero attached hydrogens (tertiary/aromatic N) is 4. The van der Waals surface area contributed by atoms with Crippen LogP contribution in [0, 0.1) is 0 Å². The molecule has 1 fully saturated rings. The van der Waals surface area contributed by atoms with Crippen LogP contribution in [0.5, 0.6) is 11.5 Å². The number of imidazole rings is 1. The van der Waals surface area contributed by atoms with Crippen molar-refractivity contribution < 1.29 is 19.4 Å². The summed E-state index contributed by atoms with van der Waals surface area (Å²) in [5, 5.41) is 10.3. The van der Waals surface area contributed by atoms with Crippen molar-refractivity contribution in [1.29, 1.82) is 0 Å². The number of rotatable bonds is 8. The smallest absolute Gasteiger partial charge is 0.335 e. The minimum Gasteiger partial charge on any atom is -0.488 e. The maximum Gasteiger partial charge on any atom is 0.335 e. The summed E-state index contributed by atoms with van der Waals surface area (Å²) in [5.74, 6) is 1.21. The molecule has 0 bridgehead atoms. The second-order valence-electron chi connectivity index (χ2n) is 9.00. The number of piperidine rings is 1. The van der Waals surface area contributed by atoms with Gasteiger partial charge in [0.1, 0.15) is 35.7 Å². The van der Waals surface area contributed by atoms with E-state index >= 15 is 0 Å². The van der Waals surface area contributed by atoms with Crippen molar-refractivity contribution >= 4 is 40.2 Å². The number of fused-ring (bicyclic) bond motifs is 1. The van der Waals surface area contributed by atoms with Crippen LogP contribution >= 0.6 is 23.2 Å². The fraction of sp³-hybridized carbons (Fsp3) is 0.296. The van der Waals surface area contributed by atoms with Crippen molar-refractivity contribution in [2.45, 2.75) is 32.1 Å². The highest BCUT2D eigenvalue weighted by molar-refractivity contribution is 6.35. The number of carbonyl (C=O) groups is 1. The van der Waals surface area contributed by atoms with Gasteiger partial charge in [0.05, 0.1) is 28.2 Å². The average molecular weight is 541 g/mol. The first-order valence-electron chi connectivity index (χ1n) is 12.0. The Morgan fingerprint density at radius 3 is 2.68 bits per heavy atom. The molecule has 4 aromatic rings. The van der Waals surface area contributed by atoms with Crippen molar-refractivity contribution in [3.8, 4) is 11.5 Å². The molecule has 0 amide bonds. The van der Waals surface area contributed by atoms with Crippen molar-refractivity contribution in [2.24, 2.45) is 7.05 Å². The highest BCUT2D eigenvalue weighted by Gasteiger charge is 2.23. The number of aromatic nitrogens is 3. The lowest BCUT2D eigenvalue weighted by molar-refractivity contribution is 0.0697. The molecule has 5 rings (SSSR count). The number of halogens is 2. The first-order valence-corrected chi connectivity index (χ1v) is 12.7. The van der Waals surface area contributed by atoms with Crippen LogP contribution in [0.1, 0.15) is 34.7 Å². The molecule has 1 saturated heterocycles. The van der Waals surface area contributed by atoms with Crippen LogP contribution in [-0.4, -0.2) is 49.7 Å². The number of aryl methyl sites for hydroxylation is 1. The summed E-state index contributed by atoms with van der Waals surface area (Å²) in [6.45, 7) is 2.64. The monoisotopic (exact) mass is 540 g/mol. The number of aromatic carboxylic acids is 1. The highest BCUT2D eigenvalue weighted by atomic mass is 35.5. The molecular formula is C27H26Cl2N4O4. The van der Waals surface area contributed by atoms with Crippen molar-refractivity contribution in [2.75, 3.05) is 13.1 Å². The first-order chi connectivity index (χ1) is 17.9. The van der Waals surface area contributed by atoms with E-state index < -0.39 is 5.97 Å². The van der Waals surface area contributed by atoms with E-state index in [0.717, 1.165) is 42.8 Å². The van der Waals surface area contributed by atoms with E-state index in [-0.39, 0.29) is 18.3 Å². The van der Waals surface area contributed by atoms with Crippen LogP contribution in [0.25, 0.3) is 11.0 Å². The van der Waals surface area contributed by atoms with Gasteiger partial charge in [0.15, 0.2) is 0 Å². The van der Waals surface area contributed by atoms with Gasteiger partial charge >= 0.3 is 5.97 Å². The molecule has 2 aromatic carbocycles. The topological polar surface area (TPSA) is 89.7 Å². The van der Waals surface area contributed by atoms with Crippen LogP contribution in [-0.2, 0) is 20.2 Å². The minimum absolute atomic E-state index is 0.0666. The number of carboxylic acids is 1. The Morgan fingerprint density at radius 2 is 1.92 bits per heavy atom. The van der Waals surface area contributed by atoms with E-state index in [4.69, 9.17) is 37.7 Å². The van der Waals surface area contributed by atoms with Crippen molar-refractivity contribution in [3.63, 3.8) is 0 Å². The predicted octanol–water partition coefficient (Wildman–Crippen LogP) is 5.60. The molecule has 0 radical (unpaired) electrons. The van der Waals surface area contributed by atoms with Crippen molar-refractivity contribution in [1.82, 2.24) is 19.4 Å². The number of pyridine rings is 1. The van der Waals surface area contributed by atoms with E-state index in [1.807, 2.05) is 23.7 Å². The lowest BCUT2D eigenvalue weighted by Crippen LogP contribution is -2.38. The Labute approximate surface area is 224 Å². The third kappa shape index (κ3) is 5.82. The molecule has 8 nitrogen and oxygen atoms in total. The molecule has 3 heterocycles. The number of hydrogen-bond donors (Lipinski definition) is 1. The lowest BCUT2D eigenvalue weighted by Gasteiger charge is -2.32. The van der Waals surface area contributed by atoms with Gasteiger partial charge in [-0.25, -0.2) is 9.78 Å². The highest BCUT2D eigenvalue weighted by Crippen LogP contribution is 2.29. The van der Waals surface area contributed by atoms with Gasteiger partial charge in [0.25, 0.3) is 0 Å². The largest absolute Gasteiger partial charge is 0.488 e. The first kappa shape index (κ1) is 25.3. The summed E-state index contributed by atoms with van der Waals surface area (Å²) in [6.07, 6.45) is 3.52. The van der Waals surface area contributed by atoms with Gasteiger partial charge in [-0.15, -0.1) is 0 Å². The summed E-state index contributed by atoms with van der Waals surface area (Å²) in [7, 11) is 1.93. The Kier molecular flexibility index (Phi) is 7.50. The predicted molar refractivity (Wildman–Crippen MR) is 142 cm³/mol. The maximum absolute atomic E-state index is 11.3. The second kappa shape index (κ2) is 11.0. The summed E-state index contributed by atoms with van der Waals surface area (Å²) in [4.78, 5) is 22.8. The third-order valence-corrected chi connectivity index (χ3v) is 7.05. The average Bonchev–Trinajstić information content (AvgIpc) is 3.20. The van der Waals surface area contributed by atoms with Gasteiger partial charge in [-0.05, 0) is 61.4 Å². The molecule has 1 N–H and O–H groups in total. The van der Waals surface area contributed by atoms with E-state index in [2.05, 4.69) is 9.88 Å². The molecule has 0 atom stereocenters. The molecule has 1 aliphatic rings. The molecule has 37 heavy (non-hydrogen) atoms. The van der Waals surface area contributed by atoms with Crippen LogP contribution in [0.4, 0.5) is 0 Å². The summed E-state index contributed by atoms with van der Waals surface area (Å²) >= 11 is 12.2. The van der Waals surface area contributed by atoms with E-state index in [0.29, 0.717) is 33.8 Å². The quantitative estimate of drug-likeness (QED) is 0.311. The Morgan fingerprint density at radius 1 is 1.11 bits per heavy atom. The molecule has 1 aliphatic heterocycles. The standard InChI is InChI=1S/C27H26Cl2N4O4/c1-32-23-13-17(27(34)35)4-6-21(23)31-26(32)15-33-11-8-19(9-12-33)37-25-3-2-10-30-22(25)16-36-24-7-5-18(28)14-20(24)29/h2-7,10,13-14,19H,8-9,11-12,15-16H2,1H3,(H,34,35). The van der Waals surface area contributed by atoms with Crippen LogP contribution < -0.4 is 9.47 Å². The zero-order valence-corrected chi connectivity index (χ0v) is 21.7. The van der Waals surface area contributed by atoms with Gasteiger partial charge in [0, 0.05) is 31.4 Å². The fourth-order valence-electron chi connectivity index (χ4n) is 4.46. The number of ether oxygens (including phenoxy) is 2. The van der Waals surface area contributed by atoms with Gasteiger partial charge < -0.3 is 19.1 Å². The zero-order valence-electron chi connectivity index (χ0n) is 20.2. The summed E-state index contributed by atoms with van der Waals surface area (Å²) in [6, 6.07) is 13.9. The minimum atomic E-state index is -0.941. The zero-order chi connectivity index (χ0) is 25.9. The third-order valence-electron chi connectivity index (χ3n) is 6.52. The van der Waals surface area contributed by atoms with Gasteiger partial charge in [-0.3, -0.25) is 9.88 Å². The lowest BCUT2D eigenvalue weighted by atomic mass is 10.1. The Hall–Kier alpha value is -3.33. The molecular weight excluding hydrogens is 515 g/mol. The van der Waals surface area contributed by atoms with Gasteiger partial charge in [-0.1, -0.05) is 23.2 Å². The van der Waals surface area contributed by atoms with Crippen LogP contribution in [0.15, 0.2) is 54.7 Å². The Bertz CT molecular complexity index is 1430. The maximum atomic E-state index is 11.3. The number of benzene rings is 2. The van der Waals surface area contributed by atoms with E-state index in [1.165, 1.54) is 0 Å². The van der Waals surface area contributed by atoms with Crippen molar-refractivity contribution in [3.05, 3.63) is 81.9 Å². The van der Waals surface area contributed by atoms with E-state index in [9.17, 15) is 9.90 Å². The molecule has 2 aromatic heterocycles.